The summed E-state index contributed by atoms with van der Waals surface area (Å²) in [6.07, 6.45) is 3.43. The first-order valence-electron chi connectivity index (χ1n) is 5.20. The maximum absolute atomic E-state index is 10.4. The molecular weight excluding hydrogens is 224 g/mol. The number of carboxylic acids is 1. The number of carbonyl (C=O) groups is 2. The average Bonchev–Trinajstić information content (AvgIpc) is 2.81. The lowest BCUT2D eigenvalue weighted by atomic mass is 10.2. The summed E-state index contributed by atoms with van der Waals surface area (Å²) in [6.45, 7) is 0.340. The van der Waals surface area contributed by atoms with Gasteiger partial charge in [-0.1, -0.05) is 6.07 Å². The highest BCUT2D eigenvalue weighted by Gasteiger charge is 2.33. The lowest BCUT2D eigenvalue weighted by Gasteiger charge is -2.16. The number of hydrogen-bond donors (Lipinski definition) is 2. The minimum atomic E-state index is -1.14. The van der Waals surface area contributed by atoms with Crippen LogP contribution in [0, 0.1) is 0 Å². The number of likely N-dealkylation sites (tertiary alicyclic amines) is 1. The molecule has 1 atom stereocenters. The van der Waals surface area contributed by atoms with E-state index in [-0.39, 0.29) is 0 Å². The topological polar surface area (TPSA) is 90.7 Å². The summed E-state index contributed by atoms with van der Waals surface area (Å²) in [4.78, 5) is 25.5. The average molecular weight is 238 g/mol. The molecule has 0 spiro atoms. The van der Waals surface area contributed by atoms with Gasteiger partial charge in [0.15, 0.2) is 0 Å². The molecule has 1 unspecified atom stereocenters. The van der Waals surface area contributed by atoms with Crippen LogP contribution in [0.1, 0.15) is 12.8 Å². The van der Waals surface area contributed by atoms with Gasteiger partial charge in [-0.3, -0.25) is 9.88 Å². The van der Waals surface area contributed by atoms with Gasteiger partial charge >= 0.3 is 12.1 Å². The van der Waals surface area contributed by atoms with E-state index < -0.39 is 18.1 Å². The highest BCUT2D eigenvalue weighted by Crippen LogP contribution is 2.16. The van der Waals surface area contributed by atoms with E-state index in [2.05, 4.69) is 4.98 Å². The smallest absolute Gasteiger partial charge is 0.408 e. The number of amides is 1. The first kappa shape index (κ1) is 13.0. The number of carboxylic acid groups (broad SMARTS) is 2. The van der Waals surface area contributed by atoms with Gasteiger partial charge in [-0.05, 0) is 25.0 Å². The monoisotopic (exact) mass is 238 g/mol. The van der Waals surface area contributed by atoms with Crippen LogP contribution in [0.15, 0.2) is 30.6 Å². The summed E-state index contributed by atoms with van der Waals surface area (Å²) in [5.74, 6) is -1.05. The van der Waals surface area contributed by atoms with Crippen molar-refractivity contribution in [2.24, 2.45) is 0 Å². The number of aromatic nitrogens is 1. The fraction of sp³-hybridized carbons (Fsp3) is 0.364. The van der Waals surface area contributed by atoms with Crippen molar-refractivity contribution >= 4 is 12.1 Å². The Balaban J connectivity index is 0.000000202. The van der Waals surface area contributed by atoms with Crippen LogP contribution in [0.25, 0.3) is 0 Å². The predicted octanol–water partition coefficient (Wildman–Crippen LogP) is 1.29. The Morgan fingerprint density at radius 3 is 2.12 bits per heavy atom. The van der Waals surface area contributed by atoms with Crippen LogP contribution in [0.2, 0.25) is 0 Å². The maximum Gasteiger partial charge on any atom is 0.408 e. The number of pyridine rings is 1. The molecular formula is C11H14N2O4. The third kappa shape index (κ3) is 4.10. The predicted molar refractivity (Wildman–Crippen MR) is 59.6 cm³/mol. The molecule has 1 aliphatic rings. The molecule has 6 nitrogen and oxygen atoms in total. The largest absolute Gasteiger partial charge is 0.480 e. The zero-order valence-corrected chi connectivity index (χ0v) is 9.19. The molecule has 0 aromatic carbocycles. The molecule has 17 heavy (non-hydrogen) atoms. The van der Waals surface area contributed by atoms with Crippen LogP contribution in [0.4, 0.5) is 4.79 Å². The van der Waals surface area contributed by atoms with E-state index in [0.29, 0.717) is 19.4 Å². The van der Waals surface area contributed by atoms with E-state index in [4.69, 9.17) is 10.2 Å². The zero-order chi connectivity index (χ0) is 12.7. The molecule has 0 saturated carbocycles. The summed E-state index contributed by atoms with van der Waals surface area (Å²) in [6, 6.07) is 4.89. The Morgan fingerprint density at radius 1 is 1.18 bits per heavy atom. The van der Waals surface area contributed by atoms with E-state index in [9.17, 15) is 9.59 Å². The van der Waals surface area contributed by atoms with Gasteiger partial charge in [0, 0.05) is 18.9 Å². The van der Waals surface area contributed by atoms with Gasteiger partial charge in [0.25, 0.3) is 0 Å². The zero-order valence-electron chi connectivity index (χ0n) is 9.19. The van der Waals surface area contributed by atoms with Crippen LogP contribution >= 0.6 is 0 Å². The minimum Gasteiger partial charge on any atom is -0.480 e. The molecule has 2 N–H and O–H groups in total. The van der Waals surface area contributed by atoms with E-state index in [1.54, 1.807) is 12.4 Å². The molecule has 92 valence electrons. The number of aliphatic carboxylic acids is 1. The molecule has 1 saturated heterocycles. The molecule has 2 rings (SSSR count). The Morgan fingerprint density at radius 2 is 1.82 bits per heavy atom. The lowest BCUT2D eigenvalue weighted by Crippen LogP contribution is -2.39. The van der Waals surface area contributed by atoms with Crippen LogP contribution in [-0.4, -0.2) is 44.7 Å². The molecule has 2 heterocycles. The van der Waals surface area contributed by atoms with Gasteiger partial charge in [-0.25, -0.2) is 9.59 Å². The van der Waals surface area contributed by atoms with Gasteiger partial charge in [0.1, 0.15) is 6.04 Å². The van der Waals surface area contributed by atoms with Crippen molar-refractivity contribution in [3.05, 3.63) is 30.6 Å². The summed E-state index contributed by atoms with van der Waals surface area (Å²) in [7, 11) is 0. The van der Waals surface area contributed by atoms with Crippen LogP contribution in [0.3, 0.4) is 0 Å². The second kappa shape index (κ2) is 6.47. The molecule has 0 bridgehead atoms. The standard InChI is InChI=1S/C6H9NO4.C5H5N/c8-5(9)4-2-1-3-7(4)6(10)11;1-2-4-6-5-3-1/h4H,1-3H2,(H,8,9)(H,10,11);1-5H. The van der Waals surface area contributed by atoms with Gasteiger partial charge in [0.05, 0.1) is 0 Å². The normalized spacial score (nSPS) is 18.1. The van der Waals surface area contributed by atoms with Crippen molar-refractivity contribution < 1.29 is 19.8 Å². The second-order valence-corrected chi connectivity index (χ2v) is 3.50. The summed E-state index contributed by atoms with van der Waals surface area (Å²) >= 11 is 0. The fourth-order valence-corrected chi connectivity index (χ4v) is 1.56. The molecule has 1 amide bonds. The van der Waals surface area contributed by atoms with E-state index in [1.165, 1.54) is 0 Å². The molecule has 1 aromatic heterocycles. The van der Waals surface area contributed by atoms with Crippen molar-refractivity contribution in [3.63, 3.8) is 0 Å². The first-order chi connectivity index (χ1) is 8.13. The van der Waals surface area contributed by atoms with Crippen molar-refractivity contribution in [1.82, 2.24) is 9.88 Å². The van der Waals surface area contributed by atoms with Crippen LogP contribution in [0.5, 0.6) is 0 Å². The van der Waals surface area contributed by atoms with Gasteiger partial charge in [-0.15, -0.1) is 0 Å². The molecule has 0 radical (unpaired) electrons. The molecule has 0 aliphatic carbocycles. The van der Waals surface area contributed by atoms with Crippen molar-refractivity contribution in [1.29, 1.82) is 0 Å². The lowest BCUT2D eigenvalue weighted by molar-refractivity contribution is -0.141. The first-order valence-corrected chi connectivity index (χ1v) is 5.20. The van der Waals surface area contributed by atoms with E-state index in [1.807, 2.05) is 18.2 Å². The molecule has 6 heteroatoms. The third-order valence-electron chi connectivity index (χ3n) is 2.35. The summed E-state index contributed by atoms with van der Waals surface area (Å²) < 4.78 is 0. The highest BCUT2D eigenvalue weighted by molar-refractivity contribution is 5.79. The van der Waals surface area contributed by atoms with Crippen LogP contribution in [-0.2, 0) is 4.79 Å². The van der Waals surface area contributed by atoms with Gasteiger partial charge in [-0.2, -0.15) is 0 Å². The van der Waals surface area contributed by atoms with Crippen molar-refractivity contribution in [2.75, 3.05) is 6.54 Å². The Labute approximate surface area is 98.5 Å². The third-order valence-corrected chi connectivity index (χ3v) is 2.35. The summed E-state index contributed by atoms with van der Waals surface area (Å²) in [5, 5.41) is 17.0. The Bertz CT molecular complexity index is 322. The molecule has 1 aromatic rings. The van der Waals surface area contributed by atoms with Crippen molar-refractivity contribution in [3.8, 4) is 0 Å². The van der Waals surface area contributed by atoms with Crippen molar-refractivity contribution in [2.45, 2.75) is 18.9 Å². The SMILES string of the molecule is O=C(O)C1CCCN1C(=O)O.c1ccncc1. The number of nitrogens with zero attached hydrogens (tertiary/aromatic N) is 2. The maximum atomic E-state index is 10.4. The summed E-state index contributed by atoms with van der Waals surface area (Å²) in [5.41, 5.74) is 0. The quantitative estimate of drug-likeness (QED) is 0.769. The van der Waals surface area contributed by atoms with E-state index >= 15 is 0 Å². The second-order valence-electron chi connectivity index (χ2n) is 3.50. The molecule has 1 fully saturated rings. The number of hydrogen-bond acceptors (Lipinski definition) is 3. The van der Waals surface area contributed by atoms with Crippen LogP contribution < -0.4 is 0 Å². The van der Waals surface area contributed by atoms with Gasteiger partial charge in [0.2, 0.25) is 0 Å². The minimum absolute atomic E-state index is 0.340. The highest BCUT2D eigenvalue weighted by atomic mass is 16.4. The van der Waals surface area contributed by atoms with E-state index in [0.717, 1.165) is 4.90 Å². The Kier molecular flexibility index (Phi) is 4.93. The molecule has 1 aliphatic heterocycles. The van der Waals surface area contributed by atoms with Gasteiger partial charge < -0.3 is 10.2 Å². The fourth-order valence-electron chi connectivity index (χ4n) is 1.56. The number of rotatable bonds is 1. The Hall–Kier alpha value is -2.11.